The Morgan fingerprint density at radius 2 is 1.79 bits per heavy atom. The van der Waals surface area contributed by atoms with Gasteiger partial charge in [0.15, 0.2) is 0 Å². The molecular formula is C27H34F2N4O5. The molecule has 4 amide bonds. The smallest absolute Gasteiger partial charge is 0.289 e. The highest BCUT2D eigenvalue weighted by Gasteiger charge is 2.37. The van der Waals surface area contributed by atoms with Gasteiger partial charge in [0.05, 0.1) is 6.04 Å². The Morgan fingerprint density at radius 1 is 1.08 bits per heavy atom. The molecule has 2 aliphatic rings. The van der Waals surface area contributed by atoms with Crippen LogP contribution in [0.25, 0.3) is 6.08 Å². The summed E-state index contributed by atoms with van der Waals surface area (Å²) in [6.07, 6.45) is 4.33. The van der Waals surface area contributed by atoms with E-state index in [-0.39, 0.29) is 30.4 Å². The van der Waals surface area contributed by atoms with Gasteiger partial charge in [-0.2, -0.15) is 0 Å². The lowest BCUT2D eigenvalue weighted by atomic mass is 9.87. The van der Waals surface area contributed by atoms with Crippen molar-refractivity contribution in [2.24, 2.45) is 11.3 Å². The zero-order valence-corrected chi connectivity index (χ0v) is 21.7. The molecule has 4 N–H and O–H groups in total. The van der Waals surface area contributed by atoms with Gasteiger partial charge in [0.1, 0.15) is 17.7 Å². The number of nitrogens with one attached hydrogen (secondary N) is 4. The average Bonchev–Trinajstić information content (AvgIpc) is 3.55. The molecule has 0 radical (unpaired) electrons. The Bertz CT molecular complexity index is 1130. The van der Waals surface area contributed by atoms with E-state index in [1.54, 1.807) is 0 Å². The quantitative estimate of drug-likeness (QED) is 0.255. The maximum atomic E-state index is 13.9. The SMILES string of the molecule is CC(C)(C)C[C@H](NC(=O)/C=C/c1ccc(F)cc1F)C(=O)NC(C[C@@H]1CCNC1=O)C(=O)C(=O)NC1CC1. The number of carbonyl (C=O) groups is 5. The molecule has 1 aromatic carbocycles. The van der Waals surface area contributed by atoms with Gasteiger partial charge < -0.3 is 21.3 Å². The zero-order chi connectivity index (χ0) is 28.0. The maximum absolute atomic E-state index is 13.9. The monoisotopic (exact) mass is 532 g/mol. The van der Waals surface area contributed by atoms with Gasteiger partial charge in [-0.15, -0.1) is 0 Å². The van der Waals surface area contributed by atoms with Gasteiger partial charge in [0.2, 0.25) is 23.5 Å². The van der Waals surface area contributed by atoms with E-state index in [2.05, 4.69) is 21.3 Å². The topological polar surface area (TPSA) is 133 Å². The summed E-state index contributed by atoms with van der Waals surface area (Å²) in [4.78, 5) is 63.5. The predicted octanol–water partition coefficient (Wildman–Crippen LogP) is 1.76. The molecule has 3 rings (SSSR count). The van der Waals surface area contributed by atoms with E-state index in [0.29, 0.717) is 19.0 Å². The normalized spacial score (nSPS) is 19.0. The number of hydrogen-bond donors (Lipinski definition) is 4. The summed E-state index contributed by atoms with van der Waals surface area (Å²) >= 11 is 0. The van der Waals surface area contributed by atoms with Gasteiger partial charge in [-0.25, -0.2) is 8.78 Å². The standard InChI is InChI=1S/C27H34F2N4O5/c1-27(2,3)14-21(32-22(34)9-5-15-4-6-17(28)13-19(15)29)25(37)33-20(12-16-10-11-30-24(16)36)23(35)26(38)31-18-7-8-18/h4-6,9,13,16,18,20-21H,7-8,10-12,14H2,1-3H3,(H,30,36)(H,31,38)(H,32,34)(H,33,37)/b9-5+/t16-,20?,21-/m0/s1. The third-order valence-corrected chi connectivity index (χ3v) is 6.28. The van der Waals surface area contributed by atoms with Gasteiger partial charge in [-0.3, -0.25) is 24.0 Å². The van der Waals surface area contributed by atoms with Crippen molar-refractivity contribution in [2.45, 2.75) is 71.0 Å². The fourth-order valence-corrected chi connectivity index (χ4v) is 4.14. The number of Topliss-reactive ketones (excluding diaryl/α,β-unsaturated/α-hetero) is 1. The van der Waals surface area contributed by atoms with Crippen molar-refractivity contribution in [1.82, 2.24) is 21.3 Å². The van der Waals surface area contributed by atoms with Crippen LogP contribution in [0.15, 0.2) is 24.3 Å². The summed E-state index contributed by atoms with van der Waals surface area (Å²) in [6.45, 7) is 6.02. The Kier molecular flexibility index (Phi) is 9.35. The van der Waals surface area contributed by atoms with Crippen molar-refractivity contribution >= 4 is 35.5 Å². The molecule has 1 saturated carbocycles. The number of amides is 4. The molecule has 0 spiro atoms. The summed E-state index contributed by atoms with van der Waals surface area (Å²) in [5, 5.41) is 10.4. The minimum atomic E-state index is -1.25. The molecule has 11 heteroatoms. The molecule has 1 saturated heterocycles. The highest BCUT2D eigenvalue weighted by atomic mass is 19.1. The van der Waals surface area contributed by atoms with Gasteiger partial charge in [-0.05, 0) is 55.7 Å². The lowest BCUT2D eigenvalue weighted by Gasteiger charge is -2.28. The Morgan fingerprint density at radius 3 is 2.37 bits per heavy atom. The molecule has 9 nitrogen and oxygen atoms in total. The summed E-state index contributed by atoms with van der Waals surface area (Å²) in [7, 11) is 0. The van der Waals surface area contributed by atoms with Crippen LogP contribution in [-0.2, 0) is 24.0 Å². The number of hydrogen-bond acceptors (Lipinski definition) is 5. The highest BCUT2D eigenvalue weighted by molar-refractivity contribution is 6.38. The molecular weight excluding hydrogens is 498 g/mol. The van der Waals surface area contributed by atoms with Crippen LogP contribution in [0.1, 0.15) is 58.4 Å². The molecule has 206 valence electrons. The van der Waals surface area contributed by atoms with Gasteiger partial charge in [0, 0.05) is 36.2 Å². The van der Waals surface area contributed by atoms with Crippen molar-refractivity contribution in [3.63, 3.8) is 0 Å². The van der Waals surface area contributed by atoms with Crippen LogP contribution in [-0.4, -0.2) is 54.1 Å². The number of carbonyl (C=O) groups excluding carboxylic acids is 5. The van der Waals surface area contributed by atoms with Crippen molar-refractivity contribution in [2.75, 3.05) is 6.54 Å². The van der Waals surface area contributed by atoms with Gasteiger partial charge >= 0.3 is 0 Å². The molecule has 2 fully saturated rings. The molecule has 0 aromatic heterocycles. The number of ketones is 1. The van der Waals surface area contributed by atoms with Crippen LogP contribution in [0.2, 0.25) is 0 Å². The van der Waals surface area contributed by atoms with E-state index in [1.165, 1.54) is 6.07 Å². The third-order valence-electron chi connectivity index (χ3n) is 6.28. The minimum Gasteiger partial charge on any atom is -0.356 e. The first-order valence-electron chi connectivity index (χ1n) is 12.7. The van der Waals surface area contributed by atoms with Crippen molar-refractivity contribution in [3.05, 3.63) is 41.5 Å². The fraction of sp³-hybridized carbons (Fsp3) is 0.519. The third kappa shape index (κ3) is 8.74. The van der Waals surface area contributed by atoms with E-state index in [4.69, 9.17) is 0 Å². The molecule has 38 heavy (non-hydrogen) atoms. The van der Waals surface area contributed by atoms with E-state index in [0.717, 1.165) is 31.1 Å². The summed E-state index contributed by atoms with van der Waals surface area (Å²) in [5.74, 6) is -5.46. The molecule has 1 unspecified atom stereocenters. The number of halogens is 2. The van der Waals surface area contributed by atoms with Crippen LogP contribution in [0.3, 0.4) is 0 Å². The molecule has 1 heterocycles. The first-order chi connectivity index (χ1) is 17.8. The first kappa shape index (κ1) is 28.9. The van der Waals surface area contributed by atoms with Gasteiger partial charge in [0.25, 0.3) is 5.91 Å². The lowest BCUT2D eigenvalue weighted by molar-refractivity contribution is -0.141. The highest BCUT2D eigenvalue weighted by Crippen LogP contribution is 2.23. The average molecular weight is 533 g/mol. The molecule has 0 bridgehead atoms. The summed E-state index contributed by atoms with van der Waals surface area (Å²) in [5.41, 5.74) is -0.434. The molecule has 1 aromatic rings. The number of rotatable bonds is 11. The van der Waals surface area contributed by atoms with E-state index < -0.39 is 58.6 Å². The predicted molar refractivity (Wildman–Crippen MR) is 135 cm³/mol. The largest absolute Gasteiger partial charge is 0.356 e. The second kappa shape index (κ2) is 12.3. The van der Waals surface area contributed by atoms with Crippen LogP contribution >= 0.6 is 0 Å². The van der Waals surface area contributed by atoms with Crippen LogP contribution < -0.4 is 21.3 Å². The Labute approximate surface area is 220 Å². The van der Waals surface area contributed by atoms with Crippen LogP contribution in [0.4, 0.5) is 8.78 Å². The maximum Gasteiger partial charge on any atom is 0.289 e. The van der Waals surface area contributed by atoms with Crippen molar-refractivity contribution < 1.29 is 32.8 Å². The first-order valence-corrected chi connectivity index (χ1v) is 12.7. The Balaban J connectivity index is 1.74. The summed E-state index contributed by atoms with van der Waals surface area (Å²) in [6, 6.07) is 0.508. The molecule has 1 aliphatic heterocycles. The van der Waals surface area contributed by atoms with Gasteiger partial charge in [-0.1, -0.05) is 20.8 Å². The van der Waals surface area contributed by atoms with Crippen LogP contribution in [0.5, 0.6) is 0 Å². The van der Waals surface area contributed by atoms with Crippen molar-refractivity contribution in [3.8, 4) is 0 Å². The second-order valence-corrected chi connectivity index (χ2v) is 11.0. The fourth-order valence-electron chi connectivity index (χ4n) is 4.14. The van der Waals surface area contributed by atoms with Crippen molar-refractivity contribution in [1.29, 1.82) is 0 Å². The second-order valence-electron chi connectivity index (χ2n) is 11.0. The summed E-state index contributed by atoms with van der Waals surface area (Å²) < 4.78 is 27.0. The number of benzene rings is 1. The lowest BCUT2D eigenvalue weighted by Crippen LogP contribution is -2.55. The molecule has 1 aliphatic carbocycles. The van der Waals surface area contributed by atoms with E-state index in [1.807, 2.05) is 20.8 Å². The minimum absolute atomic E-state index is 0.0134. The molecule has 3 atom stereocenters. The van der Waals surface area contributed by atoms with Crippen LogP contribution in [0, 0.1) is 23.0 Å². The van der Waals surface area contributed by atoms with E-state index >= 15 is 0 Å². The van der Waals surface area contributed by atoms with E-state index in [9.17, 15) is 32.8 Å². The Hall–Kier alpha value is -3.63. The zero-order valence-electron chi connectivity index (χ0n) is 21.7.